The maximum atomic E-state index is 5.94. The van der Waals surface area contributed by atoms with Crippen molar-refractivity contribution in [3.8, 4) is 33.3 Å². The molecule has 1 fully saturated rings. The van der Waals surface area contributed by atoms with Crippen molar-refractivity contribution in [3.63, 3.8) is 0 Å². The molecule has 0 spiro atoms. The molecule has 1 aliphatic heterocycles. The Morgan fingerprint density at radius 3 is 2.77 bits per heavy atom. The summed E-state index contributed by atoms with van der Waals surface area (Å²) >= 11 is 1.71. The second-order valence-electron chi connectivity index (χ2n) is 8.81. The lowest BCUT2D eigenvalue weighted by Gasteiger charge is -2.37. The smallest absolute Gasteiger partial charge is 0.159 e. The maximum Gasteiger partial charge on any atom is 0.159 e. The third kappa shape index (κ3) is 3.37. The molecule has 0 aliphatic carbocycles. The molecule has 0 saturated carbocycles. The van der Waals surface area contributed by atoms with Gasteiger partial charge in [0.05, 0.1) is 34.0 Å². The highest BCUT2D eigenvalue weighted by Crippen LogP contribution is 2.34. The van der Waals surface area contributed by atoms with Crippen LogP contribution in [0.1, 0.15) is 4.88 Å². The largest absolute Gasteiger partial charge is 0.352 e. The summed E-state index contributed by atoms with van der Waals surface area (Å²) in [4.78, 5) is 26.7. The highest BCUT2D eigenvalue weighted by molar-refractivity contribution is 7.15. The zero-order valence-electron chi connectivity index (χ0n) is 18.9. The first-order valence-electron chi connectivity index (χ1n) is 11.4. The van der Waals surface area contributed by atoms with Gasteiger partial charge in [-0.15, -0.1) is 11.3 Å². The number of thiophene rings is 1. The van der Waals surface area contributed by atoms with Gasteiger partial charge in [-0.05, 0) is 37.3 Å². The Hall–Kier alpha value is -4.15. The van der Waals surface area contributed by atoms with E-state index in [9.17, 15) is 0 Å². The summed E-state index contributed by atoms with van der Waals surface area (Å²) < 4.78 is 0. The first-order valence-corrected chi connectivity index (χ1v) is 12.2. The maximum absolute atomic E-state index is 5.94. The van der Waals surface area contributed by atoms with Crippen LogP contribution in [0.5, 0.6) is 0 Å². The Balaban J connectivity index is 1.31. The van der Waals surface area contributed by atoms with E-state index in [2.05, 4.69) is 55.2 Å². The number of nitrogens with one attached hydrogen (secondary N) is 2. The van der Waals surface area contributed by atoms with Gasteiger partial charge < -0.3 is 15.6 Å². The number of rotatable bonds is 4. The molecular formula is C25H21N9S. The molecule has 10 heteroatoms. The number of imidazole rings is 1. The van der Waals surface area contributed by atoms with Gasteiger partial charge in [0.2, 0.25) is 0 Å². The highest BCUT2D eigenvalue weighted by atomic mass is 32.1. The number of hydrogen-bond acceptors (Lipinski definition) is 8. The van der Waals surface area contributed by atoms with Gasteiger partial charge in [-0.1, -0.05) is 6.07 Å². The van der Waals surface area contributed by atoms with Crippen LogP contribution in [-0.4, -0.2) is 54.2 Å². The number of nitrogens with two attached hydrogens (primary N) is 1. The third-order valence-corrected chi connectivity index (χ3v) is 7.32. The molecule has 0 atom stereocenters. The molecule has 6 aromatic rings. The van der Waals surface area contributed by atoms with Gasteiger partial charge in [0.1, 0.15) is 22.7 Å². The summed E-state index contributed by atoms with van der Waals surface area (Å²) in [5, 5.41) is 8.67. The van der Waals surface area contributed by atoms with Crippen LogP contribution in [0, 0.1) is 6.92 Å². The summed E-state index contributed by atoms with van der Waals surface area (Å²) in [5.74, 6) is 1.54. The second-order valence-corrected chi connectivity index (χ2v) is 10.1. The number of nitrogens with zero attached hydrogens (tertiary/aromatic N) is 6. The number of fused-ring (bicyclic) bond motifs is 2. The first kappa shape index (κ1) is 20.2. The van der Waals surface area contributed by atoms with Gasteiger partial charge in [-0.3, -0.25) is 15.1 Å². The van der Waals surface area contributed by atoms with Crippen molar-refractivity contribution in [2.75, 3.05) is 18.0 Å². The molecule has 6 heterocycles. The number of hydrogen-bond donors (Lipinski definition) is 3. The molecule has 7 rings (SSSR count). The number of aryl methyl sites for hydroxylation is 1. The van der Waals surface area contributed by atoms with E-state index in [0.29, 0.717) is 5.82 Å². The van der Waals surface area contributed by atoms with Crippen LogP contribution in [0.15, 0.2) is 55.0 Å². The average Bonchev–Trinajstić information content (AvgIpc) is 3.59. The molecule has 35 heavy (non-hydrogen) atoms. The van der Waals surface area contributed by atoms with Crippen LogP contribution in [0.25, 0.3) is 55.3 Å². The summed E-state index contributed by atoms with van der Waals surface area (Å²) in [6.45, 7) is 3.70. The molecule has 172 valence electrons. The van der Waals surface area contributed by atoms with Crippen LogP contribution in [-0.2, 0) is 0 Å². The van der Waals surface area contributed by atoms with Crippen LogP contribution >= 0.6 is 11.3 Å². The van der Waals surface area contributed by atoms with Crippen molar-refractivity contribution in [1.82, 2.24) is 35.1 Å². The molecule has 0 unspecified atom stereocenters. The predicted molar refractivity (Wildman–Crippen MR) is 138 cm³/mol. The Bertz CT molecular complexity index is 1710. The van der Waals surface area contributed by atoms with E-state index in [1.54, 1.807) is 23.7 Å². The topological polar surface area (TPSA) is 125 Å². The van der Waals surface area contributed by atoms with Crippen LogP contribution < -0.4 is 10.6 Å². The Kier molecular flexibility index (Phi) is 4.45. The zero-order valence-corrected chi connectivity index (χ0v) is 19.7. The van der Waals surface area contributed by atoms with Crippen molar-refractivity contribution in [2.45, 2.75) is 13.0 Å². The summed E-state index contributed by atoms with van der Waals surface area (Å²) in [6, 6.07) is 12.5. The molecule has 0 bridgehead atoms. The van der Waals surface area contributed by atoms with Crippen LogP contribution in [0.4, 0.5) is 5.82 Å². The SMILES string of the molecule is Cc1ccc(-c2nccc3[nH]c(-c4n[nH]c5ccc(-c6cncc(N7CC(N)C7)n6)cc45)nc23)s1. The summed E-state index contributed by atoms with van der Waals surface area (Å²) in [7, 11) is 0. The minimum atomic E-state index is 0.202. The fourth-order valence-corrected chi connectivity index (χ4v) is 5.36. The van der Waals surface area contributed by atoms with Gasteiger partial charge in [0.15, 0.2) is 5.82 Å². The van der Waals surface area contributed by atoms with Crippen molar-refractivity contribution in [1.29, 1.82) is 0 Å². The predicted octanol–water partition coefficient (Wildman–Crippen LogP) is 4.14. The normalized spacial score (nSPS) is 14.2. The Morgan fingerprint density at radius 1 is 1.03 bits per heavy atom. The Morgan fingerprint density at radius 2 is 1.94 bits per heavy atom. The van der Waals surface area contributed by atoms with E-state index in [1.165, 1.54) is 4.88 Å². The highest BCUT2D eigenvalue weighted by Gasteiger charge is 2.25. The number of anilines is 1. The second kappa shape index (κ2) is 7.69. The van der Waals surface area contributed by atoms with Gasteiger partial charge in [0.25, 0.3) is 0 Å². The molecular weight excluding hydrogens is 458 g/mol. The summed E-state index contributed by atoms with van der Waals surface area (Å²) in [6.07, 6.45) is 5.38. The number of aromatic amines is 2. The van der Waals surface area contributed by atoms with Crippen molar-refractivity contribution in [3.05, 3.63) is 59.9 Å². The molecule has 9 nitrogen and oxygen atoms in total. The van der Waals surface area contributed by atoms with Crippen LogP contribution in [0.3, 0.4) is 0 Å². The van der Waals surface area contributed by atoms with Gasteiger partial charge >= 0.3 is 0 Å². The Labute approximate surface area is 204 Å². The zero-order chi connectivity index (χ0) is 23.5. The minimum Gasteiger partial charge on any atom is -0.352 e. The standard InChI is InChI=1S/C25H21N9S/c1-13-2-5-20(35-13)24-23-18(6-7-28-24)30-25(31-23)22-16-8-14(3-4-17(16)32-33-22)19-9-27-10-21(29-19)34-11-15(26)12-34/h2-10,15H,11-12,26H2,1H3,(H,30,31)(H,32,33). The lowest BCUT2D eigenvalue weighted by molar-refractivity contribution is 0.514. The monoisotopic (exact) mass is 479 g/mol. The van der Waals surface area contributed by atoms with Crippen LogP contribution in [0.2, 0.25) is 0 Å². The molecule has 1 aliphatic rings. The molecule has 1 saturated heterocycles. The molecule has 0 radical (unpaired) electrons. The quantitative estimate of drug-likeness (QED) is 0.347. The molecule has 4 N–H and O–H groups in total. The lowest BCUT2D eigenvalue weighted by atomic mass is 10.1. The van der Waals surface area contributed by atoms with E-state index >= 15 is 0 Å². The van der Waals surface area contributed by atoms with Gasteiger partial charge in [-0.25, -0.2) is 9.97 Å². The molecule has 5 aromatic heterocycles. The van der Waals surface area contributed by atoms with Gasteiger partial charge in [-0.2, -0.15) is 5.10 Å². The number of benzene rings is 1. The minimum absolute atomic E-state index is 0.202. The van der Waals surface area contributed by atoms with E-state index in [1.807, 2.05) is 24.4 Å². The summed E-state index contributed by atoms with van der Waals surface area (Å²) in [5.41, 5.74) is 12.0. The molecule has 1 aromatic carbocycles. The number of pyridine rings is 1. The fraction of sp³-hybridized carbons (Fsp3) is 0.160. The average molecular weight is 480 g/mol. The van der Waals surface area contributed by atoms with Crippen molar-refractivity contribution in [2.24, 2.45) is 5.73 Å². The first-order chi connectivity index (χ1) is 17.1. The van der Waals surface area contributed by atoms with Gasteiger partial charge in [0, 0.05) is 41.2 Å². The van der Waals surface area contributed by atoms with E-state index in [4.69, 9.17) is 15.7 Å². The van der Waals surface area contributed by atoms with E-state index in [-0.39, 0.29) is 6.04 Å². The molecule has 0 amide bonds. The third-order valence-electron chi connectivity index (χ3n) is 6.31. The lowest BCUT2D eigenvalue weighted by Crippen LogP contribution is -2.56. The number of aromatic nitrogens is 7. The van der Waals surface area contributed by atoms with Crippen molar-refractivity contribution < 1.29 is 0 Å². The fourth-order valence-electron chi connectivity index (χ4n) is 4.49. The van der Waals surface area contributed by atoms with E-state index in [0.717, 1.165) is 68.4 Å². The van der Waals surface area contributed by atoms with E-state index < -0.39 is 0 Å². The number of H-pyrrole nitrogens is 2. The van der Waals surface area contributed by atoms with Crippen molar-refractivity contribution >= 4 is 39.1 Å².